The molecule has 2 saturated carbocycles. The Balaban J connectivity index is 1.91. The average Bonchev–Trinajstić information content (AvgIpc) is 3.65. The molecule has 52 heavy (non-hydrogen) atoms. The van der Waals surface area contributed by atoms with Crippen LogP contribution in [0.5, 0.6) is 0 Å². The summed E-state index contributed by atoms with van der Waals surface area (Å²) in [5.74, 6) is -7.13. The topological polar surface area (TPSA) is 200 Å². The SMILES string of the molecule is CC(=O)OC1C2[C@@H](OC(=O)c3ccoc3)C(OC(=O)c3ccccc3)[C@]3(COC(=O)C(C)C)[C@@H](OC(C)=O)[C@@H](OC(C)=O)C[C@](C)(O)C13OC2(C)C. The van der Waals surface area contributed by atoms with Gasteiger partial charge in [0.2, 0.25) is 0 Å². The summed E-state index contributed by atoms with van der Waals surface area (Å²) in [5, 5.41) is 12.8. The fourth-order valence-electron chi connectivity index (χ4n) is 8.33. The van der Waals surface area contributed by atoms with Crippen LogP contribution in [0.2, 0.25) is 0 Å². The van der Waals surface area contributed by atoms with Crippen LogP contribution in [0.15, 0.2) is 53.3 Å². The zero-order valence-corrected chi connectivity index (χ0v) is 30.2. The molecule has 1 N–H and O–H groups in total. The summed E-state index contributed by atoms with van der Waals surface area (Å²) in [4.78, 5) is 80.1. The summed E-state index contributed by atoms with van der Waals surface area (Å²) in [5.41, 5.74) is -8.26. The molecule has 5 rings (SSSR count). The Morgan fingerprint density at radius 1 is 0.788 bits per heavy atom. The van der Waals surface area contributed by atoms with E-state index in [9.17, 15) is 33.9 Å². The van der Waals surface area contributed by atoms with E-state index in [2.05, 4.69) is 0 Å². The number of aliphatic hydroxyl groups is 1. The highest BCUT2D eigenvalue weighted by Crippen LogP contribution is 2.69. The standard InChI is InChI=1S/C37H44O15/c1-19(2)31(41)46-18-36-28(48-21(4)39)25(47-20(3)38)16-35(8,44)37(36)29(49-22(5)40)26(34(6,7)52-37)27(50-33(43)24-14-15-45-17-24)30(36)51-32(42)23-12-10-9-11-13-23/h9-15,17,19,25-30,44H,16,18H2,1-8H3/t25-,26?,27+,28-,29?,30?,35-,36-,37?/m0/s1. The first-order valence-corrected chi connectivity index (χ1v) is 16.9. The Hall–Kier alpha value is -4.76. The number of hydrogen-bond donors (Lipinski definition) is 1. The van der Waals surface area contributed by atoms with E-state index in [1.54, 1.807) is 45.9 Å². The van der Waals surface area contributed by atoms with Gasteiger partial charge in [0.1, 0.15) is 36.6 Å². The van der Waals surface area contributed by atoms with Gasteiger partial charge in [0, 0.05) is 27.2 Å². The highest BCUT2D eigenvalue weighted by molar-refractivity contribution is 5.90. The minimum atomic E-state index is -2.33. The lowest BCUT2D eigenvalue weighted by molar-refractivity contribution is -0.363. The largest absolute Gasteiger partial charge is 0.472 e. The molecule has 282 valence electrons. The molecular formula is C37H44O15. The lowest BCUT2D eigenvalue weighted by Gasteiger charge is -2.66. The van der Waals surface area contributed by atoms with Crippen LogP contribution in [0.1, 0.15) is 82.5 Å². The van der Waals surface area contributed by atoms with Crippen LogP contribution >= 0.6 is 0 Å². The first kappa shape index (κ1) is 38.5. The van der Waals surface area contributed by atoms with Gasteiger partial charge in [0.15, 0.2) is 17.8 Å². The molecule has 1 aromatic carbocycles. The number of rotatable bonds is 10. The molecular weight excluding hydrogens is 684 g/mol. The van der Waals surface area contributed by atoms with Crippen LogP contribution in [0, 0.1) is 17.3 Å². The molecule has 0 amide bonds. The van der Waals surface area contributed by atoms with Crippen LogP contribution in [0.3, 0.4) is 0 Å². The van der Waals surface area contributed by atoms with Crippen LogP contribution in [0.25, 0.3) is 0 Å². The van der Waals surface area contributed by atoms with Gasteiger partial charge in [-0.1, -0.05) is 32.0 Å². The van der Waals surface area contributed by atoms with Crippen molar-refractivity contribution in [2.24, 2.45) is 17.3 Å². The first-order chi connectivity index (χ1) is 24.3. The summed E-state index contributed by atoms with van der Waals surface area (Å²) in [7, 11) is 0. The number of benzene rings is 1. The molecule has 15 heteroatoms. The highest BCUT2D eigenvalue weighted by Gasteiger charge is 2.89. The first-order valence-electron chi connectivity index (χ1n) is 16.9. The molecule has 4 unspecified atom stereocenters. The number of fused-ring (bicyclic) bond motifs is 1. The predicted octanol–water partition coefficient (Wildman–Crippen LogP) is 3.34. The maximum absolute atomic E-state index is 14.2. The summed E-state index contributed by atoms with van der Waals surface area (Å²) in [6.07, 6.45) is -6.32. The average molecular weight is 729 g/mol. The van der Waals surface area contributed by atoms with Crippen molar-refractivity contribution >= 4 is 35.8 Å². The summed E-state index contributed by atoms with van der Waals surface area (Å²) in [6, 6.07) is 9.13. The Morgan fingerprint density at radius 3 is 1.94 bits per heavy atom. The van der Waals surface area contributed by atoms with E-state index in [4.69, 9.17) is 37.6 Å². The van der Waals surface area contributed by atoms with Gasteiger partial charge in [-0.05, 0) is 39.0 Å². The van der Waals surface area contributed by atoms with E-state index >= 15 is 0 Å². The minimum Gasteiger partial charge on any atom is -0.472 e. The Bertz CT molecular complexity index is 1700. The van der Waals surface area contributed by atoms with E-state index in [-0.39, 0.29) is 11.1 Å². The van der Waals surface area contributed by atoms with E-state index in [0.29, 0.717) is 0 Å². The number of hydrogen-bond acceptors (Lipinski definition) is 15. The quantitative estimate of drug-likeness (QED) is 0.276. The van der Waals surface area contributed by atoms with Crippen molar-refractivity contribution in [3.8, 4) is 0 Å². The molecule has 9 atom stereocenters. The molecule has 1 saturated heterocycles. The zero-order chi connectivity index (χ0) is 38.4. The molecule has 1 spiro atoms. The molecule has 15 nitrogen and oxygen atoms in total. The molecule has 2 aromatic rings. The van der Waals surface area contributed by atoms with E-state index in [1.807, 2.05) is 0 Å². The molecule has 3 aliphatic rings. The summed E-state index contributed by atoms with van der Waals surface area (Å²) in [6.45, 7) is 10.1. The smallest absolute Gasteiger partial charge is 0.341 e. The van der Waals surface area contributed by atoms with Gasteiger partial charge in [-0.15, -0.1) is 0 Å². The highest BCUT2D eigenvalue weighted by atomic mass is 16.7. The third-order valence-electron chi connectivity index (χ3n) is 10.1. The van der Waals surface area contributed by atoms with E-state index < -0.39 is 113 Å². The monoisotopic (exact) mass is 728 g/mol. The fourth-order valence-corrected chi connectivity index (χ4v) is 8.33. The summed E-state index contributed by atoms with van der Waals surface area (Å²) >= 11 is 0. The lowest BCUT2D eigenvalue weighted by Crippen LogP contribution is -2.85. The normalized spacial score (nSPS) is 32.9. The van der Waals surface area contributed by atoms with Gasteiger partial charge in [-0.25, -0.2) is 9.59 Å². The molecule has 2 heterocycles. The number of carbonyl (C=O) groups is 6. The maximum Gasteiger partial charge on any atom is 0.341 e. The predicted molar refractivity (Wildman–Crippen MR) is 175 cm³/mol. The number of furan rings is 1. The van der Waals surface area contributed by atoms with Crippen LogP contribution < -0.4 is 0 Å². The third kappa shape index (κ3) is 6.44. The van der Waals surface area contributed by atoms with Gasteiger partial charge in [-0.3, -0.25) is 19.2 Å². The van der Waals surface area contributed by atoms with E-state index in [1.165, 1.54) is 31.4 Å². The van der Waals surface area contributed by atoms with Crippen molar-refractivity contribution in [1.82, 2.24) is 0 Å². The Morgan fingerprint density at radius 2 is 1.38 bits per heavy atom. The van der Waals surface area contributed by atoms with Crippen molar-refractivity contribution in [3.05, 3.63) is 60.1 Å². The van der Waals surface area contributed by atoms with Gasteiger partial charge in [0.05, 0.1) is 40.4 Å². The molecule has 3 fully saturated rings. The van der Waals surface area contributed by atoms with Crippen LogP contribution in [-0.4, -0.2) is 94.9 Å². The second kappa shape index (κ2) is 14.0. The van der Waals surface area contributed by atoms with Crippen molar-refractivity contribution < 1.29 is 71.4 Å². The van der Waals surface area contributed by atoms with E-state index in [0.717, 1.165) is 27.0 Å². The Kier molecular flexibility index (Phi) is 10.4. The number of esters is 6. The van der Waals surface area contributed by atoms with Crippen LogP contribution in [-0.2, 0) is 52.3 Å². The molecule has 2 bridgehead atoms. The molecule has 1 aliphatic heterocycles. The van der Waals surface area contributed by atoms with Crippen LogP contribution in [0.4, 0.5) is 0 Å². The third-order valence-corrected chi connectivity index (χ3v) is 10.1. The molecule has 2 aliphatic carbocycles. The van der Waals surface area contributed by atoms with Crippen molar-refractivity contribution in [1.29, 1.82) is 0 Å². The Labute approximate surface area is 300 Å². The second-order valence-corrected chi connectivity index (χ2v) is 14.5. The van der Waals surface area contributed by atoms with Gasteiger partial charge in [-0.2, -0.15) is 0 Å². The molecule has 0 radical (unpaired) electrons. The van der Waals surface area contributed by atoms with Gasteiger partial charge < -0.3 is 42.7 Å². The summed E-state index contributed by atoms with van der Waals surface area (Å²) < 4.78 is 48.3. The fraction of sp³-hybridized carbons (Fsp3) is 0.568. The van der Waals surface area contributed by atoms with Crippen molar-refractivity contribution in [3.63, 3.8) is 0 Å². The number of carbonyl (C=O) groups excluding carboxylic acids is 6. The minimum absolute atomic E-state index is 0.0315. The molecule has 1 aromatic heterocycles. The van der Waals surface area contributed by atoms with Crippen molar-refractivity contribution in [2.45, 2.75) is 109 Å². The second-order valence-electron chi connectivity index (χ2n) is 14.5. The zero-order valence-electron chi connectivity index (χ0n) is 30.2. The van der Waals surface area contributed by atoms with Gasteiger partial charge in [0.25, 0.3) is 0 Å². The lowest BCUT2D eigenvalue weighted by atomic mass is 9.45. The van der Waals surface area contributed by atoms with Gasteiger partial charge >= 0.3 is 35.8 Å². The number of ether oxygens (including phenoxy) is 7. The van der Waals surface area contributed by atoms with Crippen molar-refractivity contribution in [2.75, 3.05) is 6.61 Å². The maximum atomic E-state index is 14.2.